The van der Waals surface area contributed by atoms with Crippen molar-refractivity contribution in [2.24, 2.45) is 5.92 Å². The molecule has 0 bridgehead atoms. The molecular formula is C21H26N2O4S. The van der Waals surface area contributed by atoms with Crippen LogP contribution < -0.4 is 0 Å². The van der Waals surface area contributed by atoms with E-state index in [4.69, 9.17) is 14.1 Å². The minimum Gasteiger partial charge on any atom is -0.453 e. The molecule has 1 fully saturated rings. The first-order valence-electron chi connectivity index (χ1n) is 9.64. The Kier molecular flexibility index (Phi) is 4.83. The van der Waals surface area contributed by atoms with E-state index >= 15 is 0 Å². The van der Waals surface area contributed by atoms with Crippen LogP contribution >= 0.6 is 0 Å². The lowest BCUT2D eigenvalue weighted by atomic mass is 9.94. The summed E-state index contributed by atoms with van der Waals surface area (Å²) >= 11 is 0. The summed E-state index contributed by atoms with van der Waals surface area (Å²) in [6.45, 7) is 8.87. The fraction of sp³-hybridized carbons (Fsp3) is 0.476. The Hall–Kier alpha value is -2.12. The van der Waals surface area contributed by atoms with Crippen molar-refractivity contribution in [2.45, 2.75) is 55.6 Å². The van der Waals surface area contributed by atoms with Crippen molar-refractivity contribution in [1.82, 2.24) is 9.55 Å². The Balaban J connectivity index is 1.80. The zero-order valence-electron chi connectivity index (χ0n) is 16.5. The van der Waals surface area contributed by atoms with Gasteiger partial charge >= 0.3 is 0 Å². The minimum absolute atomic E-state index is 0.0514. The van der Waals surface area contributed by atoms with Crippen molar-refractivity contribution in [3.63, 3.8) is 0 Å². The molecule has 1 aliphatic rings. The van der Waals surface area contributed by atoms with Gasteiger partial charge in [0.2, 0.25) is 14.9 Å². The van der Waals surface area contributed by atoms with E-state index in [0.29, 0.717) is 11.4 Å². The molecule has 2 aromatic heterocycles. The molecule has 6 nitrogen and oxygen atoms in total. The van der Waals surface area contributed by atoms with Crippen molar-refractivity contribution in [1.29, 1.82) is 0 Å². The van der Waals surface area contributed by atoms with Gasteiger partial charge in [-0.3, -0.25) is 0 Å². The zero-order valence-corrected chi connectivity index (χ0v) is 17.3. The molecule has 3 aromatic rings. The quantitative estimate of drug-likeness (QED) is 0.654. The Morgan fingerprint density at radius 3 is 2.57 bits per heavy atom. The number of nitrogens with zero attached hydrogens (tertiary/aromatic N) is 2. The molecule has 3 heterocycles. The maximum atomic E-state index is 12.8. The van der Waals surface area contributed by atoms with E-state index in [0.717, 1.165) is 43.9 Å². The number of furan rings is 1. The predicted molar refractivity (Wildman–Crippen MR) is 106 cm³/mol. The molecule has 0 unspecified atom stereocenters. The Morgan fingerprint density at radius 2 is 1.93 bits per heavy atom. The van der Waals surface area contributed by atoms with Gasteiger partial charge in [0.1, 0.15) is 5.82 Å². The molecule has 0 aliphatic carbocycles. The summed E-state index contributed by atoms with van der Waals surface area (Å²) in [4.78, 5) is 5.04. The highest BCUT2D eigenvalue weighted by atomic mass is 32.2. The second kappa shape index (κ2) is 7.04. The molecule has 150 valence electrons. The van der Waals surface area contributed by atoms with Gasteiger partial charge in [0.15, 0.2) is 0 Å². The standard InChI is InChI=1S/C21H26N2O4S/c1-21(2,3)20-22-17-13-16(28(24,25)19-5-4-10-27-19)6-7-18(17)23(20)14-15-8-11-26-12-9-15/h4-7,10,13,15H,8-9,11-12,14H2,1-3H3. The van der Waals surface area contributed by atoms with Gasteiger partial charge in [-0.15, -0.1) is 0 Å². The Labute approximate surface area is 165 Å². The molecule has 1 saturated heterocycles. The van der Waals surface area contributed by atoms with Crippen LogP contribution in [0, 0.1) is 5.92 Å². The number of rotatable bonds is 4. The summed E-state index contributed by atoms with van der Waals surface area (Å²) in [7, 11) is -3.69. The Bertz CT molecular complexity index is 1070. The average molecular weight is 403 g/mol. The van der Waals surface area contributed by atoms with Gasteiger partial charge in [-0.1, -0.05) is 20.8 Å². The number of imidazole rings is 1. The van der Waals surface area contributed by atoms with Gasteiger partial charge in [0.25, 0.3) is 0 Å². The van der Waals surface area contributed by atoms with Gasteiger partial charge in [-0.05, 0) is 49.1 Å². The van der Waals surface area contributed by atoms with E-state index in [2.05, 4.69) is 25.3 Å². The highest BCUT2D eigenvalue weighted by molar-refractivity contribution is 7.91. The van der Waals surface area contributed by atoms with Crippen LogP contribution in [-0.2, 0) is 26.5 Å². The SMILES string of the molecule is CC(C)(C)c1nc2cc(S(=O)(=O)c3ccco3)ccc2n1CC1CCOCC1. The monoisotopic (exact) mass is 402 g/mol. The summed E-state index contributed by atoms with van der Waals surface area (Å²) in [6, 6.07) is 8.21. The van der Waals surface area contributed by atoms with Gasteiger partial charge in [-0.25, -0.2) is 13.4 Å². The van der Waals surface area contributed by atoms with E-state index < -0.39 is 9.84 Å². The number of benzene rings is 1. The van der Waals surface area contributed by atoms with E-state index in [-0.39, 0.29) is 15.4 Å². The van der Waals surface area contributed by atoms with Crippen molar-refractivity contribution < 1.29 is 17.6 Å². The van der Waals surface area contributed by atoms with Crippen LogP contribution in [0.2, 0.25) is 0 Å². The van der Waals surface area contributed by atoms with Crippen LogP contribution in [0.1, 0.15) is 39.4 Å². The lowest BCUT2D eigenvalue weighted by Gasteiger charge is -2.26. The molecule has 28 heavy (non-hydrogen) atoms. The van der Waals surface area contributed by atoms with Crippen LogP contribution in [0.3, 0.4) is 0 Å². The normalized spacial score (nSPS) is 16.7. The fourth-order valence-corrected chi connectivity index (χ4v) is 4.94. The van der Waals surface area contributed by atoms with E-state index in [1.165, 1.54) is 12.3 Å². The number of fused-ring (bicyclic) bond motifs is 1. The lowest BCUT2D eigenvalue weighted by Crippen LogP contribution is -2.25. The zero-order chi connectivity index (χ0) is 19.9. The summed E-state index contributed by atoms with van der Waals surface area (Å²) < 4.78 is 38.5. The van der Waals surface area contributed by atoms with E-state index in [1.807, 2.05) is 6.07 Å². The molecule has 0 radical (unpaired) electrons. The topological polar surface area (TPSA) is 74.3 Å². The second-order valence-corrected chi connectivity index (χ2v) is 10.3. The molecule has 4 rings (SSSR count). The summed E-state index contributed by atoms with van der Waals surface area (Å²) in [5, 5.41) is -0.0514. The number of ether oxygens (including phenoxy) is 1. The molecular weight excluding hydrogens is 376 g/mol. The number of sulfone groups is 1. The first kappa shape index (κ1) is 19.2. The summed E-state index contributed by atoms with van der Waals surface area (Å²) in [5.41, 5.74) is 1.52. The van der Waals surface area contributed by atoms with E-state index in [9.17, 15) is 8.42 Å². The van der Waals surface area contributed by atoms with E-state index in [1.54, 1.807) is 18.2 Å². The minimum atomic E-state index is -3.69. The van der Waals surface area contributed by atoms with Crippen molar-refractivity contribution >= 4 is 20.9 Å². The van der Waals surface area contributed by atoms with Gasteiger partial charge in [0.05, 0.1) is 22.2 Å². The smallest absolute Gasteiger partial charge is 0.239 e. The number of aromatic nitrogens is 2. The number of hydrogen-bond donors (Lipinski definition) is 0. The summed E-state index contributed by atoms with van der Waals surface area (Å²) in [6.07, 6.45) is 3.44. The van der Waals surface area contributed by atoms with Crippen molar-refractivity contribution in [3.05, 3.63) is 42.4 Å². The van der Waals surface area contributed by atoms with Gasteiger partial charge in [-0.2, -0.15) is 0 Å². The largest absolute Gasteiger partial charge is 0.453 e. The molecule has 0 atom stereocenters. The number of hydrogen-bond acceptors (Lipinski definition) is 5. The molecule has 1 aliphatic heterocycles. The van der Waals surface area contributed by atoms with Crippen LogP contribution in [0.25, 0.3) is 11.0 Å². The molecule has 0 N–H and O–H groups in total. The molecule has 0 spiro atoms. The summed E-state index contributed by atoms with van der Waals surface area (Å²) in [5.74, 6) is 1.51. The van der Waals surface area contributed by atoms with Gasteiger partial charge in [0, 0.05) is 25.2 Å². The maximum absolute atomic E-state index is 12.8. The van der Waals surface area contributed by atoms with Crippen molar-refractivity contribution in [2.75, 3.05) is 13.2 Å². The maximum Gasteiger partial charge on any atom is 0.239 e. The average Bonchev–Trinajstić information content (AvgIpc) is 3.31. The highest BCUT2D eigenvalue weighted by Crippen LogP contribution is 2.31. The van der Waals surface area contributed by atoms with Crippen LogP contribution in [-0.4, -0.2) is 31.2 Å². The first-order chi connectivity index (χ1) is 13.3. The third-order valence-electron chi connectivity index (χ3n) is 5.24. The van der Waals surface area contributed by atoms with Gasteiger partial charge < -0.3 is 13.7 Å². The molecule has 1 aromatic carbocycles. The van der Waals surface area contributed by atoms with Crippen molar-refractivity contribution in [3.8, 4) is 0 Å². The van der Waals surface area contributed by atoms with Crippen LogP contribution in [0.5, 0.6) is 0 Å². The highest BCUT2D eigenvalue weighted by Gasteiger charge is 2.27. The Morgan fingerprint density at radius 1 is 1.18 bits per heavy atom. The third kappa shape index (κ3) is 3.49. The molecule has 0 amide bonds. The first-order valence-corrected chi connectivity index (χ1v) is 11.1. The second-order valence-electron chi connectivity index (χ2n) is 8.44. The predicted octanol–water partition coefficient (Wildman–Crippen LogP) is 4.19. The third-order valence-corrected chi connectivity index (χ3v) is 6.88. The van der Waals surface area contributed by atoms with Crippen LogP contribution in [0.4, 0.5) is 0 Å². The van der Waals surface area contributed by atoms with Crippen LogP contribution in [0.15, 0.2) is 51.0 Å². The lowest BCUT2D eigenvalue weighted by molar-refractivity contribution is 0.0611. The fourth-order valence-electron chi connectivity index (χ4n) is 3.75. The molecule has 0 saturated carbocycles. The molecule has 7 heteroatoms.